The van der Waals surface area contributed by atoms with E-state index < -0.39 is 0 Å². The first-order valence-corrected chi connectivity index (χ1v) is 6.57. The van der Waals surface area contributed by atoms with Gasteiger partial charge in [-0.05, 0) is 30.2 Å². The molecule has 1 aromatic rings. The molecule has 0 amide bonds. The minimum Gasteiger partial charge on any atom is -0.504 e. The summed E-state index contributed by atoms with van der Waals surface area (Å²) in [5.74, 6) is 0.0438. The van der Waals surface area contributed by atoms with Crippen LogP contribution in [-0.2, 0) is 9.53 Å². The summed E-state index contributed by atoms with van der Waals surface area (Å²) in [4.78, 5) is 11.3. The molecule has 18 heavy (non-hydrogen) atoms. The molecule has 0 fully saturated rings. The molecule has 0 aliphatic carbocycles. The van der Waals surface area contributed by atoms with Crippen LogP contribution in [-0.4, -0.2) is 30.1 Å². The molecule has 1 aromatic carbocycles. The fourth-order valence-corrected chi connectivity index (χ4v) is 1.47. The fourth-order valence-electron chi connectivity index (χ4n) is 1.24. The van der Waals surface area contributed by atoms with E-state index in [1.165, 1.54) is 19.3 Å². The van der Waals surface area contributed by atoms with Crippen molar-refractivity contribution in [1.82, 2.24) is 0 Å². The van der Waals surface area contributed by atoms with Gasteiger partial charge in [0.15, 0.2) is 11.5 Å². The van der Waals surface area contributed by atoms with Crippen LogP contribution < -0.4 is 4.74 Å². The van der Waals surface area contributed by atoms with Crippen LogP contribution in [0.25, 0.3) is 6.08 Å². The molecule has 98 valence electrons. The zero-order valence-electron chi connectivity index (χ0n) is 10.1. The maximum absolute atomic E-state index is 11.3. The molecule has 0 heterocycles. The third kappa shape index (κ3) is 4.79. The number of phenols is 1. The summed E-state index contributed by atoms with van der Waals surface area (Å²) < 4.78 is 9.91. The molecule has 0 spiro atoms. The van der Waals surface area contributed by atoms with E-state index in [4.69, 9.17) is 9.47 Å². The second kappa shape index (κ2) is 7.76. The number of ether oxygens (including phenoxy) is 2. The van der Waals surface area contributed by atoms with Crippen molar-refractivity contribution < 1.29 is 19.4 Å². The quantitative estimate of drug-likeness (QED) is 0.379. The molecule has 0 saturated heterocycles. The SMILES string of the molecule is COc1cc(/C=C/C(=O)OCCCBr)ccc1O. The Balaban J connectivity index is 2.58. The molecule has 4 nitrogen and oxygen atoms in total. The van der Waals surface area contributed by atoms with Crippen LogP contribution >= 0.6 is 15.9 Å². The molecule has 0 aliphatic heterocycles. The number of aromatic hydroxyl groups is 1. The highest BCUT2D eigenvalue weighted by atomic mass is 79.9. The largest absolute Gasteiger partial charge is 0.504 e. The van der Waals surface area contributed by atoms with Gasteiger partial charge in [-0.3, -0.25) is 0 Å². The Kier molecular flexibility index (Phi) is 6.28. The van der Waals surface area contributed by atoms with Gasteiger partial charge in [-0.2, -0.15) is 0 Å². The normalized spacial score (nSPS) is 10.6. The second-order valence-corrected chi connectivity index (χ2v) is 4.27. The van der Waals surface area contributed by atoms with Gasteiger partial charge in [0.25, 0.3) is 0 Å². The number of hydrogen-bond donors (Lipinski definition) is 1. The van der Waals surface area contributed by atoms with Gasteiger partial charge in [0, 0.05) is 11.4 Å². The molecule has 0 bridgehead atoms. The van der Waals surface area contributed by atoms with Crippen LogP contribution in [0.15, 0.2) is 24.3 Å². The third-order valence-corrected chi connectivity index (χ3v) is 2.70. The van der Waals surface area contributed by atoms with Gasteiger partial charge in [0.05, 0.1) is 13.7 Å². The molecule has 0 aliphatic rings. The number of carbonyl (C=O) groups excluding carboxylic acids is 1. The number of benzene rings is 1. The number of methoxy groups -OCH3 is 1. The monoisotopic (exact) mass is 314 g/mol. The van der Waals surface area contributed by atoms with Crippen molar-refractivity contribution in [2.24, 2.45) is 0 Å². The lowest BCUT2D eigenvalue weighted by Crippen LogP contribution is -2.02. The van der Waals surface area contributed by atoms with Crippen molar-refractivity contribution in [2.45, 2.75) is 6.42 Å². The molecule has 0 saturated carbocycles. The average Bonchev–Trinajstić information content (AvgIpc) is 2.38. The number of rotatable bonds is 6. The number of esters is 1. The Morgan fingerprint density at radius 3 is 2.94 bits per heavy atom. The molecular formula is C13H15BrO4. The smallest absolute Gasteiger partial charge is 0.330 e. The minimum absolute atomic E-state index is 0.0644. The van der Waals surface area contributed by atoms with Crippen molar-refractivity contribution >= 4 is 28.0 Å². The number of hydrogen-bond acceptors (Lipinski definition) is 4. The van der Waals surface area contributed by atoms with Gasteiger partial charge in [0.2, 0.25) is 0 Å². The van der Waals surface area contributed by atoms with Crippen LogP contribution in [0.5, 0.6) is 11.5 Å². The second-order valence-electron chi connectivity index (χ2n) is 3.47. The van der Waals surface area contributed by atoms with E-state index in [0.717, 1.165) is 17.3 Å². The van der Waals surface area contributed by atoms with Gasteiger partial charge in [-0.1, -0.05) is 22.0 Å². The number of alkyl halides is 1. The van der Waals surface area contributed by atoms with Gasteiger partial charge in [-0.15, -0.1) is 0 Å². The predicted molar refractivity (Wildman–Crippen MR) is 73.1 cm³/mol. The van der Waals surface area contributed by atoms with E-state index in [1.54, 1.807) is 18.2 Å². The molecule has 1 N–H and O–H groups in total. The maximum atomic E-state index is 11.3. The lowest BCUT2D eigenvalue weighted by Gasteiger charge is -2.03. The summed E-state index contributed by atoms with van der Waals surface area (Å²) >= 11 is 3.25. The highest BCUT2D eigenvalue weighted by Gasteiger charge is 2.01. The third-order valence-electron chi connectivity index (χ3n) is 2.14. The summed E-state index contributed by atoms with van der Waals surface area (Å²) in [7, 11) is 1.47. The highest BCUT2D eigenvalue weighted by molar-refractivity contribution is 9.09. The van der Waals surface area contributed by atoms with E-state index in [2.05, 4.69) is 15.9 Å². The lowest BCUT2D eigenvalue weighted by molar-refractivity contribution is -0.137. The Morgan fingerprint density at radius 1 is 1.50 bits per heavy atom. The van der Waals surface area contributed by atoms with Crippen LogP contribution in [0.2, 0.25) is 0 Å². The van der Waals surface area contributed by atoms with Crippen molar-refractivity contribution in [3.8, 4) is 11.5 Å². The molecule has 5 heteroatoms. The van der Waals surface area contributed by atoms with E-state index in [0.29, 0.717) is 12.4 Å². The summed E-state index contributed by atoms with van der Waals surface area (Å²) in [5.41, 5.74) is 0.752. The number of halogens is 1. The van der Waals surface area contributed by atoms with Gasteiger partial charge < -0.3 is 14.6 Å². The first-order chi connectivity index (χ1) is 8.67. The Hall–Kier alpha value is -1.49. The van der Waals surface area contributed by atoms with E-state index >= 15 is 0 Å². The molecule has 0 radical (unpaired) electrons. The standard InChI is InChI=1S/C13H15BrO4/c1-17-12-9-10(3-5-11(12)15)4-6-13(16)18-8-2-7-14/h3-6,9,15H,2,7-8H2,1H3/b6-4+. The molecular weight excluding hydrogens is 300 g/mol. The Bertz CT molecular complexity index is 429. The van der Waals surface area contributed by atoms with Gasteiger partial charge in [-0.25, -0.2) is 4.79 Å². The van der Waals surface area contributed by atoms with Crippen molar-refractivity contribution in [3.63, 3.8) is 0 Å². The first kappa shape index (κ1) is 14.6. The fraction of sp³-hybridized carbons (Fsp3) is 0.308. The average molecular weight is 315 g/mol. The highest BCUT2D eigenvalue weighted by Crippen LogP contribution is 2.26. The van der Waals surface area contributed by atoms with Crippen molar-refractivity contribution in [1.29, 1.82) is 0 Å². The summed E-state index contributed by atoms with van der Waals surface area (Å²) in [6.07, 6.45) is 3.74. The van der Waals surface area contributed by atoms with E-state index in [9.17, 15) is 9.90 Å². The van der Waals surface area contributed by atoms with Gasteiger partial charge >= 0.3 is 5.97 Å². The van der Waals surface area contributed by atoms with E-state index in [1.807, 2.05) is 0 Å². The molecule has 1 rings (SSSR count). The maximum Gasteiger partial charge on any atom is 0.330 e. The van der Waals surface area contributed by atoms with E-state index in [-0.39, 0.29) is 11.7 Å². The first-order valence-electron chi connectivity index (χ1n) is 5.45. The van der Waals surface area contributed by atoms with Crippen LogP contribution in [0.1, 0.15) is 12.0 Å². The van der Waals surface area contributed by atoms with Gasteiger partial charge in [0.1, 0.15) is 0 Å². The van der Waals surface area contributed by atoms with Crippen LogP contribution in [0, 0.1) is 0 Å². The number of phenolic OH excluding ortho intramolecular Hbond substituents is 1. The Labute approximate surface area is 114 Å². The Morgan fingerprint density at radius 2 is 2.28 bits per heavy atom. The van der Waals surface area contributed by atoms with Crippen molar-refractivity contribution in [3.05, 3.63) is 29.8 Å². The minimum atomic E-state index is -0.386. The number of carbonyl (C=O) groups is 1. The topological polar surface area (TPSA) is 55.8 Å². The zero-order chi connectivity index (χ0) is 13.4. The molecule has 0 atom stereocenters. The molecule has 0 aromatic heterocycles. The molecule has 0 unspecified atom stereocenters. The predicted octanol–water partition coefficient (Wildman–Crippen LogP) is 2.74. The van der Waals surface area contributed by atoms with Crippen molar-refractivity contribution in [2.75, 3.05) is 19.0 Å². The zero-order valence-corrected chi connectivity index (χ0v) is 11.6. The van der Waals surface area contributed by atoms with Crippen LogP contribution in [0.3, 0.4) is 0 Å². The lowest BCUT2D eigenvalue weighted by atomic mass is 10.2. The summed E-state index contributed by atoms with van der Waals surface area (Å²) in [5, 5.41) is 10.2. The summed E-state index contributed by atoms with van der Waals surface area (Å²) in [6, 6.07) is 4.83. The van der Waals surface area contributed by atoms with Crippen LogP contribution in [0.4, 0.5) is 0 Å². The summed E-state index contributed by atoms with van der Waals surface area (Å²) in [6.45, 7) is 0.396.